The average Bonchev–Trinajstić information content (AvgIpc) is 1.84. The Hall–Kier alpha value is 0.790. The predicted octanol–water partition coefficient (Wildman–Crippen LogP) is -12.4. The zero-order valence-corrected chi connectivity index (χ0v) is 11.1. The molecule has 0 aromatic heterocycles. The summed E-state index contributed by atoms with van der Waals surface area (Å²) in [7, 11) is 0. The van der Waals surface area contributed by atoms with Crippen molar-refractivity contribution in [2.24, 2.45) is 0 Å². The molecule has 6 nitrogen and oxygen atoms in total. The SMILES string of the molecule is O=C([O-])C(O)C(O)C(=O)O.[F-].[Na+].[Na+]. The molecule has 0 rings (SSSR count). The number of aliphatic hydroxyl groups is 2. The van der Waals surface area contributed by atoms with Gasteiger partial charge in [0, 0.05) is 0 Å². The fraction of sp³-hybridized carbons (Fsp3) is 0.500. The molecule has 0 fully saturated rings. The van der Waals surface area contributed by atoms with Crippen LogP contribution in [0, 0.1) is 0 Å². The molecule has 0 saturated heterocycles. The number of hydrogen-bond acceptors (Lipinski definition) is 5. The minimum atomic E-state index is -2.38. The first-order valence-electron chi connectivity index (χ1n) is 2.26. The Labute approximate surface area is 117 Å². The van der Waals surface area contributed by atoms with Crippen molar-refractivity contribution in [3.8, 4) is 0 Å². The fourth-order valence-corrected chi connectivity index (χ4v) is 0.264. The molecule has 66 valence electrons. The molecule has 0 aliphatic rings. The maximum absolute atomic E-state index is 9.74. The van der Waals surface area contributed by atoms with Crippen molar-refractivity contribution in [1.29, 1.82) is 0 Å². The van der Waals surface area contributed by atoms with E-state index in [9.17, 15) is 14.7 Å². The number of aliphatic carboxylic acids is 2. The van der Waals surface area contributed by atoms with Gasteiger partial charge in [-0.15, -0.1) is 0 Å². The first-order chi connectivity index (χ1) is 4.46. The van der Waals surface area contributed by atoms with Gasteiger partial charge in [-0.1, -0.05) is 0 Å². The van der Waals surface area contributed by atoms with E-state index in [1.165, 1.54) is 0 Å². The summed E-state index contributed by atoms with van der Waals surface area (Å²) in [6.07, 6.45) is -4.71. The Morgan fingerprint density at radius 3 is 1.46 bits per heavy atom. The first kappa shape index (κ1) is 23.5. The van der Waals surface area contributed by atoms with Crippen LogP contribution in [0.5, 0.6) is 0 Å². The average molecular weight is 214 g/mol. The number of aliphatic hydroxyl groups excluding tert-OH is 2. The number of carboxylic acids is 2. The van der Waals surface area contributed by atoms with E-state index in [1.54, 1.807) is 0 Å². The second-order valence-corrected chi connectivity index (χ2v) is 1.55. The largest absolute Gasteiger partial charge is 1.00 e. The van der Waals surface area contributed by atoms with Crippen molar-refractivity contribution >= 4 is 11.9 Å². The van der Waals surface area contributed by atoms with E-state index in [1.807, 2.05) is 0 Å². The summed E-state index contributed by atoms with van der Waals surface area (Å²) in [5.74, 6) is -3.83. The molecule has 0 aliphatic heterocycles. The summed E-state index contributed by atoms with van der Waals surface area (Å²) in [6, 6.07) is 0. The summed E-state index contributed by atoms with van der Waals surface area (Å²) >= 11 is 0. The van der Waals surface area contributed by atoms with Crippen LogP contribution >= 0.6 is 0 Å². The van der Waals surface area contributed by atoms with Crippen LogP contribution in [-0.4, -0.2) is 39.5 Å². The molecule has 0 heterocycles. The number of carboxylic acid groups (broad SMARTS) is 2. The Kier molecular flexibility index (Phi) is 19.7. The van der Waals surface area contributed by atoms with Gasteiger partial charge in [-0.05, 0) is 0 Å². The van der Waals surface area contributed by atoms with Crippen LogP contribution in [0.2, 0.25) is 0 Å². The zero-order valence-electron chi connectivity index (χ0n) is 7.10. The number of rotatable bonds is 3. The standard InChI is InChI=1S/C4H6O6.FH.2Na/c5-1(3(7)8)2(6)4(9)10;;;/h1-2,5-6H,(H,7,8)(H,9,10);1H;;/q;;2*+1/p-2. The summed E-state index contributed by atoms with van der Waals surface area (Å²) in [5, 5.41) is 34.1. The Balaban J connectivity index is -0.000000135. The third-order valence-corrected chi connectivity index (χ3v) is 0.794. The molecule has 2 atom stereocenters. The minimum Gasteiger partial charge on any atom is -1.00 e. The summed E-state index contributed by atoms with van der Waals surface area (Å²) in [5.41, 5.74) is 0. The molecule has 13 heavy (non-hydrogen) atoms. The molecule has 9 heteroatoms. The van der Waals surface area contributed by atoms with Crippen LogP contribution in [0.4, 0.5) is 0 Å². The molecule has 0 radical (unpaired) electrons. The van der Waals surface area contributed by atoms with E-state index < -0.39 is 24.1 Å². The summed E-state index contributed by atoms with van der Waals surface area (Å²) < 4.78 is 0. The molecule has 3 N–H and O–H groups in total. The van der Waals surface area contributed by atoms with Crippen molar-refractivity contribution in [3.05, 3.63) is 0 Å². The smallest absolute Gasteiger partial charge is 1.00 e. The fourth-order valence-electron chi connectivity index (χ4n) is 0.264. The van der Waals surface area contributed by atoms with E-state index in [4.69, 9.17) is 15.3 Å². The van der Waals surface area contributed by atoms with Crippen molar-refractivity contribution in [1.82, 2.24) is 0 Å². The Morgan fingerprint density at radius 1 is 1.08 bits per heavy atom. The summed E-state index contributed by atoms with van der Waals surface area (Å²) in [6.45, 7) is 0. The Morgan fingerprint density at radius 2 is 1.38 bits per heavy atom. The van der Waals surface area contributed by atoms with E-state index in [2.05, 4.69) is 0 Å². The second kappa shape index (κ2) is 10.9. The zero-order chi connectivity index (χ0) is 8.31. The number of hydrogen-bond donors (Lipinski definition) is 3. The van der Waals surface area contributed by atoms with Gasteiger partial charge >= 0.3 is 65.1 Å². The second-order valence-electron chi connectivity index (χ2n) is 1.55. The van der Waals surface area contributed by atoms with Crippen LogP contribution < -0.4 is 68.9 Å². The summed E-state index contributed by atoms with van der Waals surface area (Å²) in [4.78, 5) is 19.4. The molecular weight excluding hydrogens is 209 g/mol. The van der Waals surface area contributed by atoms with Gasteiger partial charge in [0.1, 0.15) is 6.10 Å². The number of carbonyl (C=O) groups excluding carboxylic acids is 1. The molecule has 0 aromatic rings. The van der Waals surface area contributed by atoms with E-state index in [0.29, 0.717) is 0 Å². The van der Waals surface area contributed by atoms with Crippen LogP contribution in [-0.2, 0) is 9.59 Å². The third kappa shape index (κ3) is 9.10. The van der Waals surface area contributed by atoms with Crippen molar-refractivity contribution in [3.63, 3.8) is 0 Å². The van der Waals surface area contributed by atoms with Crippen molar-refractivity contribution < 1.29 is 93.8 Å². The molecular formula is C4H5FNa2O6. The number of carbonyl (C=O) groups is 2. The first-order valence-corrected chi connectivity index (χ1v) is 2.26. The quantitative estimate of drug-likeness (QED) is 0.401. The third-order valence-electron chi connectivity index (χ3n) is 0.794. The van der Waals surface area contributed by atoms with Gasteiger partial charge in [-0.2, -0.15) is 0 Å². The van der Waals surface area contributed by atoms with Gasteiger partial charge in [0.2, 0.25) is 0 Å². The van der Waals surface area contributed by atoms with Crippen LogP contribution in [0.1, 0.15) is 0 Å². The van der Waals surface area contributed by atoms with Crippen LogP contribution in [0.25, 0.3) is 0 Å². The molecule has 0 spiro atoms. The van der Waals surface area contributed by atoms with E-state index in [-0.39, 0.29) is 63.8 Å². The molecule has 0 aliphatic carbocycles. The minimum absolute atomic E-state index is 0. The van der Waals surface area contributed by atoms with Crippen molar-refractivity contribution in [2.45, 2.75) is 12.2 Å². The Bertz CT molecular complexity index is 147. The molecule has 0 saturated carbocycles. The maximum Gasteiger partial charge on any atom is 1.00 e. The van der Waals surface area contributed by atoms with Gasteiger partial charge in [-0.3, -0.25) is 0 Å². The van der Waals surface area contributed by atoms with E-state index >= 15 is 0 Å². The van der Waals surface area contributed by atoms with Gasteiger partial charge < -0.3 is 29.9 Å². The monoisotopic (exact) mass is 214 g/mol. The molecule has 0 amide bonds. The topological polar surface area (TPSA) is 118 Å². The van der Waals surface area contributed by atoms with Crippen LogP contribution in [0.15, 0.2) is 0 Å². The van der Waals surface area contributed by atoms with Gasteiger partial charge in [-0.25, -0.2) is 4.79 Å². The number of halogens is 1. The normalized spacial score (nSPS) is 12.2. The molecule has 0 bridgehead atoms. The maximum atomic E-state index is 9.74. The van der Waals surface area contributed by atoms with Gasteiger partial charge in [0.05, 0.1) is 5.97 Å². The molecule has 0 aromatic carbocycles. The van der Waals surface area contributed by atoms with Gasteiger partial charge in [0.25, 0.3) is 0 Å². The molecule has 2 unspecified atom stereocenters. The van der Waals surface area contributed by atoms with Crippen LogP contribution in [0.3, 0.4) is 0 Å². The van der Waals surface area contributed by atoms with E-state index in [0.717, 1.165) is 0 Å². The van der Waals surface area contributed by atoms with Gasteiger partial charge in [0.15, 0.2) is 6.10 Å². The predicted molar refractivity (Wildman–Crippen MR) is 24.7 cm³/mol. The van der Waals surface area contributed by atoms with Crippen molar-refractivity contribution in [2.75, 3.05) is 0 Å².